The number of aryl methyl sites for hydroxylation is 5. The van der Waals surface area contributed by atoms with Crippen molar-refractivity contribution in [2.24, 2.45) is 0 Å². The van der Waals surface area contributed by atoms with Crippen LogP contribution in [0.15, 0.2) is 34.7 Å². The molecule has 26 heavy (non-hydrogen) atoms. The fourth-order valence-electron chi connectivity index (χ4n) is 4.13. The van der Waals surface area contributed by atoms with Gasteiger partial charge in [-0.3, -0.25) is 0 Å². The summed E-state index contributed by atoms with van der Waals surface area (Å²) in [5.41, 5.74) is 13.3. The highest BCUT2D eigenvalue weighted by atomic mass is 16.3. The Kier molecular flexibility index (Phi) is 3.91. The Hall–Kier alpha value is -2.54. The summed E-state index contributed by atoms with van der Waals surface area (Å²) in [6.07, 6.45) is 3.28. The molecule has 1 heterocycles. The Labute approximate surface area is 156 Å². The van der Waals surface area contributed by atoms with Crippen LogP contribution in [0.3, 0.4) is 0 Å². The van der Waals surface area contributed by atoms with Crippen molar-refractivity contribution in [2.45, 2.75) is 48.0 Å². The summed E-state index contributed by atoms with van der Waals surface area (Å²) < 4.78 is 6.01. The summed E-state index contributed by atoms with van der Waals surface area (Å²) in [7, 11) is 0. The Morgan fingerprint density at radius 3 is 2.08 bits per heavy atom. The summed E-state index contributed by atoms with van der Waals surface area (Å²) >= 11 is 0. The molecule has 0 saturated heterocycles. The average Bonchev–Trinajstić information content (AvgIpc) is 3.11. The molecule has 0 N–H and O–H groups in total. The lowest BCUT2D eigenvalue weighted by atomic mass is 9.88. The number of hydrogen-bond acceptors (Lipinski definition) is 1. The van der Waals surface area contributed by atoms with Gasteiger partial charge in [-0.05, 0) is 98.2 Å². The summed E-state index contributed by atoms with van der Waals surface area (Å²) in [6.45, 7) is 13.0. The summed E-state index contributed by atoms with van der Waals surface area (Å²) in [4.78, 5) is 0. The van der Waals surface area contributed by atoms with Crippen molar-refractivity contribution < 1.29 is 4.42 Å². The first-order valence-electron chi connectivity index (χ1n) is 9.33. The van der Waals surface area contributed by atoms with Gasteiger partial charge in [-0.1, -0.05) is 35.4 Å². The van der Waals surface area contributed by atoms with Crippen molar-refractivity contribution in [1.82, 2.24) is 0 Å². The lowest BCUT2D eigenvalue weighted by Crippen LogP contribution is -1.96. The zero-order chi connectivity index (χ0) is 18.6. The molecule has 1 nitrogen and oxygen atoms in total. The van der Waals surface area contributed by atoms with Crippen molar-refractivity contribution in [3.8, 4) is 11.1 Å². The van der Waals surface area contributed by atoms with E-state index in [2.05, 4.69) is 71.0 Å². The monoisotopic (exact) mass is 342 g/mol. The number of furan rings is 1. The van der Waals surface area contributed by atoms with Gasteiger partial charge >= 0.3 is 0 Å². The van der Waals surface area contributed by atoms with Crippen LogP contribution in [0.1, 0.15) is 50.5 Å². The molecule has 0 unspecified atom stereocenters. The van der Waals surface area contributed by atoms with Crippen LogP contribution in [0, 0.1) is 41.5 Å². The van der Waals surface area contributed by atoms with E-state index in [0.29, 0.717) is 0 Å². The smallest absolute Gasteiger partial charge is 0.130 e. The first-order chi connectivity index (χ1) is 12.3. The molecule has 0 saturated carbocycles. The molecule has 0 bridgehead atoms. The van der Waals surface area contributed by atoms with E-state index < -0.39 is 0 Å². The molecule has 0 spiro atoms. The summed E-state index contributed by atoms with van der Waals surface area (Å²) in [5, 5.41) is 0. The molecule has 2 aromatic carbocycles. The quantitative estimate of drug-likeness (QED) is 0.494. The minimum Gasteiger partial charge on any atom is -0.461 e. The molecule has 1 heteroatoms. The molecule has 3 aromatic rings. The van der Waals surface area contributed by atoms with Crippen LogP contribution in [0.2, 0.25) is 0 Å². The first-order valence-corrected chi connectivity index (χ1v) is 9.33. The van der Waals surface area contributed by atoms with Crippen LogP contribution in [0.4, 0.5) is 0 Å². The van der Waals surface area contributed by atoms with Crippen molar-refractivity contribution in [3.05, 3.63) is 80.8 Å². The Balaban J connectivity index is 1.92. The highest BCUT2D eigenvalue weighted by Gasteiger charge is 2.23. The van der Waals surface area contributed by atoms with Gasteiger partial charge in [0, 0.05) is 6.42 Å². The highest BCUT2D eigenvalue weighted by Crippen LogP contribution is 2.41. The Morgan fingerprint density at radius 1 is 0.769 bits per heavy atom. The van der Waals surface area contributed by atoms with Gasteiger partial charge in [0.1, 0.15) is 11.5 Å². The normalized spacial score (nSPS) is 13.1. The maximum absolute atomic E-state index is 6.01. The van der Waals surface area contributed by atoms with E-state index in [1.165, 1.54) is 55.6 Å². The molecule has 132 valence electrons. The number of fused-ring (bicyclic) bond motifs is 1. The lowest BCUT2D eigenvalue weighted by Gasteiger charge is -2.16. The number of rotatable bonds is 2. The second-order valence-electron chi connectivity index (χ2n) is 7.84. The molecule has 4 rings (SSSR count). The fraction of sp³-hybridized carbons (Fsp3) is 0.280. The predicted molar refractivity (Wildman–Crippen MR) is 111 cm³/mol. The zero-order valence-electron chi connectivity index (χ0n) is 16.6. The second-order valence-corrected chi connectivity index (χ2v) is 7.84. The van der Waals surface area contributed by atoms with Crippen LogP contribution in [0.5, 0.6) is 0 Å². The molecule has 0 radical (unpaired) electrons. The molecule has 0 atom stereocenters. The van der Waals surface area contributed by atoms with Gasteiger partial charge in [0.05, 0.1) is 0 Å². The van der Waals surface area contributed by atoms with E-state index in [9.17, 15) is 0 Å². The molecular formula is C25H26O. The number of allylic oxidation sites excluding steroid dienone is 1. The molecular weight excluding hydrogens is 316 g/mol. The Morgan fingerprint density at radius 2 is 1.46 bits per heavy atom. The first kappa shape index (κ1) is 16.9. The van der Waals surface area contributed by atoms with Crippen molar-refractivity contribution in [3.63, 3.8) is 0 Å². The van der Waals surface area contributed by atoms with Gasteiger partial charge in [0.15, 0.2) is 0 Å². The molecule has 1 aromatic heterocycles. The third kappa shape index (κ3) is 2.72. The van der Waals surface area contributed by atoms with Crippen LogP contribution in [0.25, 0.3) is 22.8 Å². The third-order valence-electron chi connectivity index (χ3n) is 5.66. The molecule has 0 fully saturated rings. The van der Waals surface area contributed by atoms with E-state index in [1.807, 2.05) is 6.92 Å². The van der Waals surface area contributed by atoms with Crippen LogP contribution >= 0.6 is 0 Å². The lowest BCUT2D eigenvalue weighted by molar-refractivity contribution is 0.518. The molecule has 0 amide bonds. The van der Waals surface area contributed by atoms with E-state index in [-0.39, 0.29) is 0 Å². The minimum atomic E-state index is 0.945. The largest absolute Gasteiger partial charge is 0.461 e. The van der Waals surface area contributed by atoms with Gasteiger partial charge in [0.2, 0.25) is 0 Å². The van der Waals surface area contributed by atoms with Crippen LogP contribution in [-0.2, 0) is 6.42 Å². The van der Waals surface area contributed by atoms with E-state index in [1.54, 1.807) is 0 Å². The summed E-state index contributed by atoms with van der Waals surface area (Å²) in [5.74, 6) is 2.02. The van der Waals surface area contributed by atoms with Gasteiger partial charge in [-0.15, -0.1) is 0 Å². The molecule has 1 aliphatic carbocycles. The highest BCUT2D eigenvalue weighted by molar-refractivity contribution is 5.94. The predicted octanol–water partition coefficient (Wildman–Crippen LogP) is 6.89. The number of benzene rings is 2. The van der Waals surface area contributed by atoms with Crippen LogP contribution < -0.4 is 0 Å². The fourth-order valence-corrected chi connectivity index (χ4v) is 4.13. The van der Waals surface area contributed by atoms with Crippen molar-refractivity contribution in [1.29, 1.82) is 0 Å². The second kappa shape index (κ2) is 6.02. The molecule has 0 aliphatic heterocycles. The minimum absolute atomic E-state index is 0.945. The summed E-state index contributed by atoms with van der Waals surface area (Å²) in [6, 6.07) is 11.4. The molecule has 1 aliphatic rings. The maximum atomic E-state index is 6.01. The SMILES string of the molecule is Cc1cc(C)cc(-c2c(C)c(C)cc3c2C=C(c2cc(C)c(C)o2)C3)c1. The van der Waals surface area contributed by atoms with Crippen LogP contribution in [-0.4, -0.2) is 0 Å². The van der Waals surface area contributed by atoms with Gasteiger partial charge in [0.25, 0.3) is 0 Å². The Bertz CT molecular complexity index is 1020. The number of hydrogen-bond donors (Lipinski definition) is 0. The average molecular weight is 342 g/mol. The van der Waals surface area contributed by atoms with Gasteiger partial charge in [-0.2, -0.15) is 0 Å². The van der Waals surface area contributed by atoms with E-state index in [0.717, 1.165) is 17.9 Å². The van der Waals surface area contributed by atoms with E-state index >= 15 is 0 Å². The van der Waals surface area contributed by atoms with E-state index in [4.69, 9.17) is 4.42 Å². The zero-order valence-corrected chi connectivity index (χ0v) is 16.6. The maximum Gasteiger partial charge on any atom is 0.130 e. The third-order valence-corrected chi connectivity index (χ3v) is 5.66. The van der Waals surface area contributed by atoms with Gasteiger partial charge in [-0.25, -0.2) is 0 Å². The van der Waals surface area contributed by atoms with Gasteiger partial charge < -0.3 is 4.42 Å². The van der Waals surface area contributed by atoms with Crippen molar-refractivity contribution in [2.75, 3.05) is 0 Å². The topological polar surface area (TPSA) is 13.1 Å². The van der Waals surface area contributed by atoms with Crippen molar-refractivity contribution >= 4 is 11.6 Å². The standard InChI is InChI=1S/C25H26O/c1-14-7-15(2)9-22(8-14)25-18(5)16(3)10-20-12-21(13-23(20)25)24-11-17(4)19(6)26-24/h7-11,13H,12H2,1-6H3.